The minimum absolute atomic E-state index is 0.194. The lowest BCUT2D eigenvalue weighted by Crippen LogP contribution is -2.49. The first kappa shape index (κ1) is 18.7. The van der Waals surface area contributed by atoms with E-state index in [1.165, 1.54) is 6.20 Å². The number of hydrogen-bond donors (Lipinski definition) is 0. The van der Waals surface area contributed by atoms with Gasteiger partial charge in [0.05, 0.1) is 0 Å². The second-order valence-electron chi connectivity index (χ2n) is 6.14. The third kappa shape index (κ3) is 4.56. The lowest BCUT2D eigenvalue weighted by Gasteiger charge is -2.34. The molecule has 0 spiro atoms. The van der Waals surface area contributed by atoms with E-state index < -0.39 is 11.9 Å². The fourth-order valence-corrected chi connectivity index (χ4v) is 3.06. The molecule has 0 bridgehead atoms. The highest BCUT2D eigenvalue weighted by Gasteiger charge is 2.33. The highest BCUT2D eigenvalue weighted by atomic mass is 35.5. The van der Waals surface area contributed by atoms with Crippen molar-refractivity contribution in [1.29, 1.82) is 0 Å². The van der Waals surface area contributed by atoms with Gasteiger partial charge in [-0.15, -0.1) is 0 Å². The Kier molecular flexibility index (Phi) is 5.52. The van der Waals surface area contributed by atoms with Crippen molar-refractivity contribution in [2.75, 3.05) is 26.2 Å². The first-order valence-corrected chi connectivity index (χ1v) is 8.55. The molecule has 5 nitrogen and oxygen atoms in total. The van der Waals surface area contributed by atoms with E-state index in [1.54, 1.807) is 4.90 Å². The summed E-state index contributed by atoms with van der Waals surface area (Å²) in [5.74, 6) is -0.237. The summed E-state index contributed by atoms with van der Waals surface area (Å²) in [4.78, 5) is 16.1. The average molecular weight is 387 g/mol. The van der Waals surface area contributed by atoms with Gasteiger partial charge in [-0.1, -0.05) is 29.8 Å². The molecule has 0 aliphatic carbocycles. The molecule has 26 heavy (non-hydrogen) atoms. The number of amides is 1. The minimum atomic E-state index is -4.50. The Hall–Kier alpha value is -2.06. The van der Waals surface area contributed by atoms with Crippen LogP contribution in [-0.2, 0) is 24.1 Å². The number of carbonyl (C=O) groups is 1. The summed E-state index contributed by atoms with van der Waals surface area (Å²) in [6.07, 6.45) is -3.33. The van der Waals surface area contributed by atoms with Gasteiger partial charge in [0.2, 0.25) is 5.91 Å². The molecular formula is C17H18ClF3N4O. The Morgan fingerprint density at radius 1 is 1.12 bits per heavy atom. The van der Waals surface area contributed by atoms with Gasteiger partial charge >= 0.3 is 6.18 Å². The van der Waals surface area contributed by atoms with E-state index in [-0.39, 0.29) is 12.5 Å². The number of aromatic nitrogens is 2. The Balaban J connectivity index is 1.51. The van der Waals surface area contributed by atoms with Gasteiger partial charge < -0.3 is 4.90 Å². The first-order valence-electron chi connectivity index (χ1n) is 8.17. The van der Waals surface area contributed by atoms with Gasteiger partial charge in [0.15, 0.2) is 5.69 Å². The quantitative estimate of drug-likeness (QED) is 0.811. The van der Waals surface area contributed by atoms with Crippen molar-refractivity contribution >= 4 is 17.5 Å². The molecular weight excluding hydrogens is 369 g/mol. The minimum Gasteiger partial charge on any atom is -0.339 e. The molecule has 1 aromatic heterocycles. The standard InChI is InChI=1S/C17H18ClF3N4O/c18-14-4-2-1-3-13(14)11-23-7-9-24(10-8-23)16(26)12-25-6-5-15(22-25)17(19,20)21/h1-6H,7-12H2. The highest BCUT2D eigenvalue weighted by molar-refractivity contribution is 6.31. The van der Waals surface area contributed by atoms with Crippen LogP contribution < -0.4 is 0 Å². The molecule has 1 aromatic carbocycles. The van der Waals surface area contributed by atoms with E-state index in [1.807, 2.05) is 24.3 Å². The second-order valence-corrected chi connectivity index (χ2v) is 6.55. The molecule has 1 fully saturated rings. The third-order valence-corrected chi connectivity index (χ3v) is 4.67. The summed E-state index contributed by atoms with van der Waals surface area (Å²) in [6, 6.07) is 8.49. The zero-order chi connectivity index (χ0) is 18.7. The van der Waals surface area contributed by atoms with Gasteiger partial charge in [-0.3, -0.25) is 14.4 Å². The van der Waals surface area contributed by atoms with E-state index in [2.05, 4.69) is 10.00 Å². The maximum absolute atomic E-state index is 12.6. The summed E-state index contributed by atoms with van der Waals surface area (Å²) >= 11 is 6.17. The van der Waals surface area contributed by atoms with Crippen LogP contribution in [0.3, 0.4) is 0 Å². The number of rotatable bonds is 4. The number of piperazine rings is 1. The summed E-state index contributed by atoms with van der Waals surface area (Å²) in [7, 11) is 0. The van der Waals surface area contributed by atoms with Crippen molar-refractivity contribution in [2.45, 2.75) is 19.3 Å². The van der Waals surface area contributed by atoms with Crippen LogP contribution in [0.4, 0.5) is 13.2 Å². The number of hydrogen-bond acceptors (Lipinski definition) is 3. The molecule has 0 radical (unpaired) electrons. The molecule has 1 aliphatic rings. The average Bonchev–Trinajstić information content (AvgIpc) is 3.06. The summed E-state index contributed by atoms with van der Waals surface area (Å²) in [6.45, 7) is 2.93. The third-order valence-electron chi connectivity index (χ3n) is 4.31. The van der Waals surface area contributed by atoms with Gasteiger partial charge in [-0.2, -0.15) is 18.3 Å². The van der Waals surface area contributed by atoms with Crippen LogP contribution in [0, 0.1) is 0 Å². The first-order chi connectivity index (χ1) is 12.3. The van der Waals surface area contributed by atoms with Crippen LogP contribution in [0.2, 0.25) is 5.02 Å². The number of alkyl halides is 3. The van der Waals surface area contributed by atoms with Crippen molar-refractivity contribution in [3.8, 4) is 0 Å². The van der Waals surface area contributed by atoms with Crippen LogP contribution in [-0.4, -0.2) is 51.7 Å². The van der Waals surface area contributed by atoms with E-state index in [0.29, 0.717) is 37.7 Å². The van der Waals surface area contributed by atoms with Crippen molar-refractivity contribution in [3.05, 3.63) is 52.8 Å². The van der Waals surface area contributed by atoms with Crippen molar-refractivity contribution < 1.29 is 18.0 Å². The Morgan fingerprint density at radius 2 is 1.81 bits per heavy atom. The van der Waals surface area contributed by atoms with Gasteiger partial charge in [0.25, 0.3) is 0 Å². The molecule has 1 saturated heterocycles. The van der Waals surface area contributed by atoms with Crippen LogP contribution in [0.25, 0.3) is 0 Å². The molecule has 0 saturated carbocycles. The van der Waals surface area contributed by atoms with Crippen LogP contribution in [0.15, 0.2) is 36.5 Å². The Bertz CT molecular complexity index is 769. The summed E-state index contributed by atoms with van der Waals surface area (Å²) in [5, 5.41) is 4.13. The van der Waals surface area contributed by atoms with Gasteiger partial charge in [0.1, 0.15) is 6.54 Å². The smallest absolute Gasteiger partial charge is 0.339 e. The van der Waals surface area contributed by atoms with Crippen molar-refractivity contribution in [3.63, 3.8) is 0 Å². The second kappa shape index (κ2) is 7.67. The molecule has 0 atom stereocenters. The molecule has 3 rings (SSSR count). The van der Waals surface area contributed by atoms with Crippen LogP contribution in [0.1, 0.15) is 11.3 Å². The number of carbonyl (C=O) groups excluding carboxylic acids is 1. The summed E-state index contributed by atoms with van der Waals surface area (Å²) in [5.41, 5.74) is 0.0417. The Labute approximate surface area is 153 Å². The fraction of sp³-hybridized carbons (Fsp3) is 0.412. The fourth-order valence-electron chi connectivity index (χ4n) is 2.86. The highest BCUT2D eigenvalue weighted by Crippen LogP contribution is 2.27. The van der Waals surface area contributed by atoms with Crippen molar-refractivity contribution in [2.24, 2.45) is 0 Å². The molecule has 140 valence electrons. The number of benzene rings is 1. The molecule has 9 heteroatoms. The van der Waals surface area contributed by atoms with E-state index in [9.17, 15) is 18.0 Å². The normalized spacial score (nSPS) is 16.1. The van der Waals surface area contributed by atoms with Crippen LogP contribution >= 0.6 is 11.6 Å². The van der Waals surface area contributed by atoms with Crippen LogP contribution in [0.5, 0.6) is 0 Å². The van der Waals surface area contributed by atoms with Crippen molar-refractivity contribution in [1.82, 2.24) is 19.6 Å². The van der Waals surface area contributed by atoms with E-state index in [0.717, 1.165) is 16.3 Å². The van der Waals surface area contributed by atoms with E-state index in [4.69, 9.17) is 11.6 Å². The topological polar surface area (TPSA) is 41.4 Å². The molecule has 1 aliphatic heterocycles. The van der Waals surface area contributed by atoms with E-state index >= 15 is 0 Å². The monoisotopic (exact) mass is 386 g/mol. The Morgan fingerprint density at radius 3 is 2.42 bits per heavy atom. The predicted molar refractivity (Wildman–Crippen MR) is 90.5 cm³/mol. The van der Waals surface area contributed by atoms with Gasteiger partial charge in [-0.25, -0.2) is 0 Å². The zero-order valence-electron chi connectivity index (χ0n) is 13.9. The molecule has 2 heterocycles. The van der Waals surface area contributed by atoms with Gasteiger partial charge in [-0.05, 0) is 17.7 Å². The summed E-state index contributed by atoms with van der Waals surface area (Å²) < 4.78 is 38.7. The molecule has 0 unspecified atom stereocenters. The van der Waals surface area contributed by atoms with Gasteiger partial charge in [0, 0.05) is 43.9 Å². The number of halogens is 4. The lowest BCUT2D eigenvalue weighted by molar-refractivity contribution is -0.142. The maximum atomic E-state index is 12.6. The number of nitrogens with zero attached hydrogens (tertiary/aromatic N) is 4. The SMILES string of the molecule is O=C(Cn1ccc(C(F)(F)F)n1)N1CCN(Cc2ccccc2Cl)CC1. The molecule has 1 amide bonds. The zero-order valence-corrected chi connectivity index (χ0v) is 14.7. The largest absolute Gasteiger partial charge is 0.435 e. The predicted octanol–water partition coefficient (Wildman–Crippen LogP) is 2.90. The lowest BCUT2D eigenvalue weighted by atomic mass is 10.2. The maximum Gasteiger partial charge on any atom is 0.435 e. The molecule has 0 N–H and O–H groups in total. The molecule has 2 aromatic rings.